The first-order valence-electron chi connectivity index (χ1n) is 6.94. The van der Waals surface area contributed by atoms with Gasteiger partial charge in [-0.2, -0.15) is 0 Å². The SMILES string of the molecule is Cc1ccc(-c2nnnn2CCOCC2CC2)cc1N. The lowest BCUT2D eigenvalue weighted by atomic mass is 10.1. The lowest BCUT2D eigenvalue weighted by Crippen LogP contribution is -2.10. The fourth-order valence-corrected chi connectivity index (χ4v) is 2.03. The van der Waals surface area contributed by atoms with Crippen LogP contribution < -0.4 is 5.73 Å². The number of anilines is 1. The molecular formula is C14H19N5O. The molecule has 1 aliphatic rings. The van der Waals surface area contributed by atoms with Gasteiger partial charge >= 0.3 is 0 Å². The Morgan fingerprint density at radius 3 is 3.00 bits per heavy atom. The molecule has 0 atom stereocenters. The summed E-state index contributed by atoms with van der Waals surface area (Å²) in [6, 6.07) is 5.87. The quantitative estimate of drug-likeness (QED) is 0.639. The van der Waals surface area contributed by atoms with E-state index < -0.39 is 0 Å². The Hall–Kier alpha value is -1.95. The predicted molar refractivity (Wildman–Crippen MR) is 75.9 cm³/mol. The van der Waals surface area contributed by atoms with E-state index in [0.29, 0.717) is 13.2 Å². The van der Waals surface area contributed by atoms with Crippen molar-refractivity contribution >= 4 is 5.69 Å². The van der Waals surface area contributed by atoms with Crippen LogP contribution in [0.1, 0.15) is 18.4 Å². The van der Waals surface area contributed by atoms with Crippen molar-refractivity contribution in [1.29, 1.82) is 0 Å². The summed E-state index contributed by atoms with van der Waals surface area (Å²) >= 11 is 0. The number of nitrogens with two attached hydrogens (primary N) is 1. The first-order chi connectivity index (χ1) is 9.74. The van der Waals surface area contributed by atoms with Crippen molar-refractivity contribution in [3.05, 3.63) is 23.8 Å². The van der Waals surface area contributed by atoms with Crippen LogP contribution in [0.5, 0.6) is 0 Å². The van der Waals surface area contributed by atoms with E-state index >= 15 is 0 Å². The number of nitrogen functional groups attached to an aromatic ring is 1. The number of benzene rings is 1. The topological polar surface area (TPSA) is 78.8 Å². The average molecular weight is 273 g/mol. The maximum absolute atomic E-state index is 5.94. The standard InChI is InChI=1S/C14H19N5O/c1-10-2-5-12(8-13(10)15)14-16-17-18-19(14)6-7-20-9-11-3-4-11/h2,5,8,11H,3-4,6-7,9,15H2,1H3. The number of ether oxygens (including phenoxy) is 1. The van der Waals surface area contributed by atoms with Crippen LogP contribution >= 0.6 is 0 Å². The minimum Gasteiger partial charge on any atom is -0.398 e. The van der Waals surface area contributed by atoms with Crippen molar-refractivity contribution < 1.29 is 4.74 Å². The third-order valence-electron chi connectivity index (χ3n) is 3.57. The number of tetrazole rings is 1. The summed E-state index contributed by atoms with van der Waals surface area (Å²) in [7, 11) is 0. The molecule has 3 rings (SSSR count). The van der Waals surface area contributed by atoms with Crippen molar-refractivity contribution in [1.82, 2.24) is 20.2 Å². The zero-order valence-corrected chi connectivity index (χ0v) is 11.6. The highest BCUT2D eigenvalue weighted by Gasteiger charge is 2.21. The second-order valence-electron chi connectivity index (χ2n) is 5.32. The van der Waals surface area contributed by atoms with Crippen molar-refractivity contribution in [2.45, 2.75) is 26.3 Å². The van der Waals surface area contributed by atoms with Crippen LogP contribution in [0.4, 0.5) is 5.69 Å². The van der Waals surface area contributed by atoms with Crippen molar-refractivity contribution in [2.24, 2.45) is 5.92 Å². The van der Waals surface area contributed by atoms with Gasteiger partial charge in [-0.3, -0.25) is 0 Å². The van der Waals surface area contributed by atoms with E-state index in [4.69, 9.17) is 10.5 Å². The molecule has 1 aliphatic carbocycles. The Balaban J connectivity index is 1.66. The van der Waals surface area contributed by atoms with Crippen molar-refractivity contribution in [3.8, 4) is 11.4 Å². The lowest BCUT2D eigenvalue weighted by molar-refractivity contribution is 0.114. The number of hydrogen-bond acceptors (Lipinski definition) is 5. The molecule has 0 saturated heterocycles. The molecular weight excluding hydrogens is 254 g/mol. The molecule has 0 amide bonds. The van der Waals surface area contributed by atoms with Crippen LogP contribution in [0.2, 0.25) is 0 Å². The first-order valence-corrected chi connectivity index (χ1v) is 6.94. The Morgan fingerprint density at radius 2 is 2.25 bits per heavy atom. The van der Waals surface area contributed by atoms with Gasteiger partial charge in [0, 0.05) is 17.9 Å². The molecule has 0 radical (unpaired) electrons. The third-order valence-corrected chi connectivity index (χ3v) is 3.57. The van der Waals surface area contributed by atoms with E-state index in [1.54, 1.807) is 4.68 Å². The Morgan fingerprint density at radius 1 is 1.40 bits per heavy atom. The molecule has 0 unspecified atom stereocenters. The molecule has 1 fully saturated rings. The molecule has 6 heteroatoms. The molecule has 106 valence electrons. The summed E-state index contributed by atoms with van der Waals surface area (Å²) < 4.78 is 7.38. The van der Waals surface area contributed by atoms with Gasteiger partial charge in [0.1, 0.15) is 0 Å². The normalized spacial score (nSPS) is 14.7. The number of aromatic nitrogens is 4. The van der Waals surface area contributed by atoms with E-state index in [0.717, 1.165) is 35.2 Å². The molecule has 1 saturated carbocycles. The van der Waals surface area contributed by atoms with Gasteiger partial charge in [0.15, 0.2) is 5.82 Å². The van der Waals surface area contributed by atoms with Gasteiger partial charge in [0.2, 0.25) is 0 Å². The summed E-state index contributed by atoms with van der Waals surface area (Å²) in [6.07, 6.45) is 2.61. The van der Waals surface area contributed by atoms with Crippen LogP contribution in [0, 0.1) is 12.8 Å². The Kier molecular flexibility index (Phi) is 3.64. The largest absolute Gasteiger partial charge is 0.398 e. The van der Waals surface area contributed by atoms with Crippen LogP contribution in [-0.2, 0) is 11.3 Å². The van der Waals surface area contributed by atoms with Gasteiger partial charge in [0.05, 0.1) is 13.2 Å². The van der Waals surface area contributed by atoms with Gasteiger partial charge in [0.25, 0.3) is 0 Å². The summed E-state index contributed by atoms with van der Waals surface area (Å²) in [5.41, 5.74) is 8.67. The molecule has 1 aromatic carbocycles. The van der Waals surface area contributed by atoms with Gasteiger partial charge < -0.3 is 10.5 Å². The lowest BCUT2D eigenvalue weighted by Gasteiger charge is -2.07. The Labute approximate surface area is 117 Å². The van der Waals surface area contributed by atoms with Crippen molar-refractivity contribution in [3.63, 3.8) is 0 Å². The maximum Gasteiger partial charge on any atom is 0.182 e. The Bertz CT molecular complexity index is 591. The number of aryl methyl sites for hydroxylation is 1. The zero-order valence-electron chi connectivity index (χ0n) is 11.6. The highest BCUT2D eigenvalue weighted by Crippen LogP contribution is 2.28. The van der Waals surface area contributed by atoms with Crippen LogP contribution in [0.3, 0.4) is 0 Å². The molecule has 2 N–H and O–H groups in total. The van der Waals surface area contributed by atoms with Crippen LogP contribution in [0.25, 0.3) is 11.4 Å². The summed E-state index contributed by atoms with van der Waals surface area (Å²) in [4.78, 5) is 0. The number of hydrogen-bond donors (Lipinski definition) is 1. The third kappa shape index (κ3) is 2.96. The van der Waals surface area contributed by atoms with E-state index in [9.17, 15) is 0 Å². The van der Waals surface area contributed by atoms with Gasteiger partial charge in [-0.25, -0.2) is 4.68 Å². The fourth-order valence-electron chi connectivity index (χ4n) is 2.03. The molecule has 20 heavy (non-hydrogen) atoms. The second kappa shape index (κ2) is 5.58. The summed E-state index contributed by atoms with van der Waals surface area (Å²) in [5.74, 6) is 1.51. The van der Waals surface area contributed by atoms with Gasteiger partial charge in [-0.05, 0) is 47.7 Å². The van der Waals surface area contributed by atoms with E-state index in [-0.39, 0.29) is 0 Å². The average Bonchev–Trinajstić information content (AvgIpc) is 3.15. The highest BCUT2D eigenvalue weighted by molar-refractivity contribution is 5.63. The van der Waals surface area contributed by atoms with Crippen LogP contribution in [0.15, 0.2) is 18.2 Å². The van der Waals surface area contributed by atoms with Gasteiger partial charge in [-0.1, -0.05) is 12.1 Å². The smallest absolute Gasteiger partial charge is 0.182 e. The predicted octanol–water partition coefficient (Wildman–Crippen LogP) is 1.66. The monoisotopic (exact) mass is 273 g/mol. The molecule has 0 aliphatic heterocycles. The summed E-state index contributed by atoms with van der Waals surface area (Å²) in [6.45, 7) is 4.13. The second-order valence-corrected chi connectivity index (χ2v) is 5.32. The molecule has 6 nitrogen and oxygen atoms in total. The first kappa shape index (κ1) is 13.1. The fraction of sp³-hybridized carbons (Fsp3) is 0.500. The minimum atomic E-state index is 0.635. The highest BCUT2D eigenvalue weighted by atomic mass is 16.5. The molecule has 0 spiro atoms. The zero-order chi connectivity index (χ0) is 13.9. The van der Waals surface area contributed by atoms with E-state index in [1.807, 2.05) is 25.1 Å². The molecule has 1 heterocycles. The minimum absolute atomic E-state index is 0.635. The van der Waals surface area contributed by atoms with E-state index in [1.165, 1.54) is 12.8 Å². The number of rotatable bonds is 6. The van der Waals surface area contributed by atoms with E-state index in [2.05, 4.69) is 15.5 Å². The maximum atomic E-state index is 5.94. The van der Waals surface area contributed by atoms with Crippen molar-refractivity contribution in [2.75, 3.05) is 18.9 Å². The summed E-state index contributed by atoms with van der Waals surface area (Å²) in [5, 5.41) is 11.8. The number of nitrogens with zero attached hydrogens (tertiary/aromatic N) is 4. The van der Waals surface area contributed by atoms with Crippen LogP contribution in [-0.4, -0.2) is 33.4 Å². The molecule has 2 aromatic rings. The molecule has 0 bridgehead atoms. The molecule has 1 aromatic heterocycles. The van der Waals surface area contributed by atoms with Gasteiger partial charge in [-0.15, -0.1) is 5.10 Å².